The van der Waals surface area contributed by atoms with Gasteiger partial charge in [0.15, 0.2) is 0 Å². The van der Waals surface area contributed by atoms with Crippen LogP contribution in [0.2, 0.25) is 0 Å². The Morgan fingerprint density at radius 3 is 2.68 bits per heavy atom. The van der Waals surface area contributed by atoms with Gasteiger partial charge in [0, 0.05) is 6.42 Å². The molecule has 3 N–H and O–H groups in total. The third-order valence-electron chi connectivity index (χ3n) is 2.96. The van der Waals surface area contributed by atoms with E-state index >= 15 is 0 Å². The summed E-state index contributed by atoms with van der Waals surface area (Å²) in [7, 11) is -4.36. The molecule has 1 heterocycles. The van der Waals surface area contributed by atoms with Crippen molar-refractivity contribution in [2.75, 3.05) is 6.61 Å². The molecule has 7 heteroatoms. The van der Waals surface area contributed by atoms with E-state index < -0.39 is 7.82 Å². The maximum Gasteiger partial charge on any atom is 0.469 e. The predicted octanol–water partition coefficient (Wildman–Crippen LogP) is 2.22. The van der Waals surface area contributed by atoms with Crippen LogP contribution in [0.4, 0.5) is 0 Å². The molecule has 0 amide bonds. The Morgan fingerprint density at radius 2 is 2.00 bits per heavy atom. The highest BCUT2D eigenvalue weighted by atomic mass is 31.2. The summed E-state index contributed by atoms with van der Waals surface area (Å²) in [6.45, 7) is 4.10. The number of H-pyrrole nitrogens is 1. The normalized spacial score (nSPS) is 12.2. The lowest BCUT2D eigenvalue weighted by Crippen LogP contribution is -1.96. The molecule has 0 atom stereocenters. The van der Waals surface area contributed by atoms with E-state index in [1.165, 1.54) is 11.1 Å². The Hall–Kier alpha value is -1.20. The Kier molecular flexibility index (Phi) is 4.06. The lowest BCUT2D eigenvalue weighted by Gasteiger charge is -2.03. The molecule has 0 bridgehead atoms. The number of aromatic amines is 1. The molecule has 1 aromatic carbocycles. The Balaban J connectivity index is 2.00. The van der Waals surface area contributed by atoms with Gasteiger partial charge in [-0.2, -0.15) is 0 Å². The third kappa shape index (κ3) is 3.88. The molecule has 0 spiro atoms. The van der Waals surface area contributed by atoms with Gasteiger partial charge in [-0.25, -0.2) is 9.55 Å². The number of rotatable bonds is 5. The Bertz CT molecular complexity index is 593. The van der Waals surface area contributed by atoms with Gasteiger partial charge in [0.25, 0.3) is 0 Å². The molecule has 0 fully saturated rings. The molecule has 2 aromatic rings. The van der Waals surface area contributed by atoms with Crippen molar-refractivity contribution in [3.05, 3.63) is 29.1 Å². The molecule has 19 heavy (non-hydrogen) atoms. The molecule has 0 radical (unpaired) electrons. The van der Waals surface area contributed by atoms with Crippen LogP contribution in [0.5, 0.6) is 0 Å². The first-order chi connectivity index (χ1) is 8.85. The molecule has 104 valence electrons. The molecule has 0 aliphatic rings. The van der Waals surface area contributed by atoms with Gasteiger partial charge in [0.1, 0.15) is 5.82 Å². The molecule has 2 rings (SSSR count). The van der Waals surface area contributed by atoms with Crippen LogP contribution in [0.15, 0.2) is 12.1 Å². The number of hydrogen-bond donors (Lipinski definition) is 3. The molecule has 0 saturated carbocycles. The Morgan fingerprint density at radius 1 is 1.32 bits per heavy atom. The lowest BCUT2D eigenvalue weighted by molar-refractivity contribution is 0.195. The molecular formula is C12H17N2O4P. The van der Waals surface area contributed by atoms with Crippen molar-refractivity contribution in [3.63, 3.8) is 0 Å². The monoisotopic (exact) mass is 284 g/mol. The summed E-state index contributed by atoms with van der Waals surface area (Å²) in [5.41, 5.74) is 4.28. The zero-order valence-electron chi connectivity index (χ0n) is 10.9. The van der Waals surface area contributed by atoms with Gasteiger partial charge < -0.3 is 14.8 Å². The van der Waals surface area contributed by atoms with Gasteiger partial charge in [0.2, 0.25) is 0 Å². The fourth-order valence-electron chi connectivity index (χ4n) is 1.86. The Labute approximate surface area is 111 Å². The van der Waals surface area contributed by atoms with Crippen molar-refractivity contribution in [1.29, 1.82) is 0 Å². The van der Waals surface area contributed by atoms with Crippen LogP contribution in [0, 0.1) is 13.8 Å². The minimum atomic E-state index is -4.36. The number of hydrogen-bond acceptors (Lipinski definition) is 3. The molecule has 0 unspecified atom stereocenters. The maximum absolute atomic E-state index is 10.5. The predicted molar refractivity (Wildman–Crippen MR) is 71.9 cm³/mol. The van der Waals surface area contributed by atoms with E-state index in [0.29, 0.717) is 12.8 Å². The topological polar surface area (TPSA) is 95.4 Å². The molecular weight excluding hydrogens is 267 g/mol. The van der Waals surface area contributed by atoms with Crippen molar-refractivity contribution in [2.24, 2.45) is 0 Å². The second kappa shape index (κ2) is 5.43. The number of fused-ring (bicyclic) bond motifs is 1. The molecule has 1 aromatic heterocycles. The zero-order valence-corrected chi connectivity index (χ0v) is 11.8. The average Bonchev–Trinajstić information content (AvgIpc) is 2.66. The summed E-state index contributed by atoms with van der Waals surface area (Å²) in [4.78, 5) is 24.8. The van der Waals surface area contributed by atoms with Gasteiger partial charge in [-0.3, -0.25) is 4.52 Å². The number of benzene rings is 1. The van der Waals surface area contributed by atoms with E-state index in [1.54, 1.807) is 0 Å². The van der Waals surface area contributed by atoms with Crippen molar-refractivity contribution in [3.8, 4) is 0 Å². The molecule has 0 aliphatic carbocycles. The standard InChI is InChI=1S/C12H17N2O4P/c1-8-6-10-11(7-9(8)2)14-12(13-10)4-3-5-18-19(15,16)17/h6-7H,3-5H2,1-2H3,(H,13,14)(H2,15,16,17). The van der Waals surface area contributed by atoms with Crippen LogP contribution in [0.25, 0.3) is 11.0 Å². The SMILES string of the molecule is Cc1cc2nc(CCCOP(=O)(O)O)[nH]c2cc1C. The number of nitrogens with zero attached hydrogens (tertiary/aromatic N) is 1. The van der Waals surface area contributed by atoms with Crippen LogP contribution in [0.3, 0.4) is 0 Å². The highest BCUT2D eigenvalue weighted by Gasteiger charge is 2.13. The van der Waals surface area contributed by atoms with Crippen LogP contribution >= 0.6 is 7.82 Å². The van der Waals surface area contributed by atoms with Crippen molar-refractivity contribution in [1.82, 2.24) is 9.97 Å². The van der Waals surface area contributed by atoms with Gasteiger partial charge in [0.05, 0.1) is 17.6 Å². The second-order valence-corrected chi connectivity index (χ2v) is 5.80. The lowest BCUT2D eigenvalue weighted by atomic mass is 10.1. The van der Waals surface area contributed by atoms with Crippen LogP contribution in [-0.2, 0) is 15.5 Å². The number of aromatic nitrogens is 2. The van der Waals surface area contributed by atoms with E-state index in [9.17, 15) is 4.57 Å². The summed E-state index contributed by atoms with van der Waals surface area (Å²) in [6.07, 6.45) is 1.09. The van der Waals surface area contributed by atoms with Gasteiger partial charge in [-0.15, -0.1) is 0 Å². The molecule has 6 nitrogen and oxygen atoms in total. The first kappa shape index (κ1) is 14.2. The summed E-state index contributed by atoms with van der Waals surface area (Å²) in [5.74, 6) is 0.800. The number of imidazole rings is 1. The van der Waals surface area contributed by atoms with Crippen molar-refractivity contribution in [2.45, 2.75) is 26.7 Å². The number of nitrogens with one attached hydrogen (secondary N) is 1. The van der Waals surface area contributed by atoms with Crippen molar-refractivity contribution >= 4 is 18.9 Å². The fourth-order valence-corrected chi connectivity index (χ4v) is 2.23. The second-order valence-electron chi connectivity index (χ2n) is 4.56. The average molecular weight is 284 g/mol. The van der Waals surface area contributed by atoms with E-state index in [0.717, 1.165) is 16.9 Å². The van der Waals surface area contributed by atoms with Gasteiger partial charge in [-0.05, 0) is 43.5 Å². The van der Waals surface area contributed by atoms with E-state index in [4.69, 9.17) is 9.79 Å². The quantitative estimate of drug-likeness (QED) is 0.578. The first-order valence-electron chi connectivity index (χ1n) is 6.01. The highest BCUT2D eigenvalue weighted by Crippen LogP contribution is 2.35. The van der Waals surface area contributed by atoms with E-state index in [-0.39, 0.29) is 6.61 Å². The minimum Gasteiger partial charge on any atom is -0.342 e. The largest absolute Gasteiger partial charge is 0.469 e. The van der Waals surface area contributed by atoms with Gasteiger partial charge in [-0.1, -0.05) is 0 Å². The molecule has 0 aliphatic heterocycles. The highest BCUT2D eigenvalue weighted by molar-refractivity contribution is 7.46. The van der Waals surface area contributed by atoms with Crippen molar-refractivity contribution < 1.29 is 18.9 Å². The first-order valence-corrected chi connectivity index (χ1v) is 7.54. The molecule has 0 saturated heterocycles. The van der Waals surface area contributed by atoms with Crippen LogP contribution < -0.4 is 0 Å². The zero-order chi connectivity index (χ0) is 14.0. The summed E-state index contributed by atoms with van der Waals surface area (Å²) in [5, 5.41) is 0. The minimum absolute atomic E-state index is 0.0133. The third-order valence-corrected chi connectivity index (χ3v) is 3.48. The van der Waals surface area contributed by atoms with Crippen LogP contribution in [-0.4, -0.2) is 26.4 Å². The summed E-state index contributed by atoms with van der Waals surface area (Å²) < 4.78 is 14.9. The number of phosphoric ester groups is 1. The fraction of sp³-hybridized carbons (Fsp3) is 0.417. The number of phosphoric acid groups is 1. The number of aryl methyl sites for hydroxylation is 3. The smallest absolute Gasteiger partial charge is 0.342 e. The van der Waals surface area contributed by atoms with Gasteiger partial charge >= 0.3 is 7.82 Å². The summed E-state index contributed by atoms with van der Waals surface area (Å²) >= 11 is 0. The van der Waals surface area contributed by atoms with E-state index in [1.807, 2.05) is 26.0 Å². The maximum atomic E-state index is 10.5. The van der Waals surface area contributed by atoms with E-state index in [2.05, 4.69) is 14.5 Å². The summed E-state index contributed by atoms with van der Waals surface area (Å²) in [6, 6.07) is 4.07. The van der Waals surface area contributed by atoms with Crippen LogP contribution in [0.1, 0.15) is 23.4 Å².